The van der Waals surface area contributed by atoms with Gasteiger partial charge in [0, 0.05) is 19.1 Å². The molecule has 16 heavy (non-hydrogen) atoms. The Morgan fingerprint density at radius 3 is 2.44 bits per heavy atom. The zero-order valence-corrected chi connectivity index (χ0v) is 10.2. The van der Waals surface area contributed by atoms with Crippen LogP contribution in [0.15, 0.2) is 30.3 Å². The second-order valence-corrected chi connectivity index (χ2v) is 4.10. The molecular weight excluding hydrogens is 200 g/mol. The first-order valence-electron chi connectivity index (χ1n) is 5.72. The van der Waals surface area contributed by atoms with Crippen molar-refractivity contribution in [2.24, 2.45) is 0 Å². The molecule has 0 atom stereocenters. The average molecular weight is 220 g/mol. The predicted molar refractivity (Wildman–Crippen MR) is 66.2 cm³/mol. The van der Waals surface area contributed by atoms with Crippen LogP contribution >= 0.6 is 0 Å². The molecule has 0 aliphatic carbocycles. The summed E-state index contributed by atoms with van der Waals surface area (Å²) in [6.07, 6.45) is 0. The van der Waals surface area contributed by atoms with Gasteiger partial charge in [-0.25, -0.2) is 4.79 Å². The van der Waals surface area contributed by atoms with Gasteiger partial charge in [-0.05, 0) is 26.3 Å². The van der Waals surface area contributed by atoms with Gasteiger partial charge in [-0.1, -0.05) is 30.3 Å². The summed E-state index contributed by atoms with van der Waals surface area (Å²) in [5, 5.41) is 2.90. The molecule has 0 unspecified atom stereocenters. The van der Waals surface area contributed by atoms with E-state index >= 15 is 0 Å². The molecule has 0 bridgehead atoms. The van der Waals surface area contributed by atoms with Crippen LogP contribution in [0.4, 0.5) is 4.79 Å². The van der Waals surface area contributed by atoms with E-state index in [0.29, 0.717) is 13.1 Å². The van der Waals surface area contributed by atoms with E-state index in [4.69, 9.17) is 0 Å². The van der Waals surface area contributed by atoms with E-state index in [2.05, 4.69) is 5.32 Å². The molecule has 3 nitrogen and oxygen atoms in total. The van der Waals surface area contributed by atoms with Gasteiger partial charge in [-0.2, -0.15) is 0 Å². The molecule has 1 aromatic carbocycles. The van der Waals surface area contributed by atoms with Crippen LogP contribution in [-0.4, -0.2) is 23.5 Å². The van der Waals surface area contributed by atoms with Crippen molar-refractivity contribution in [1.82, 2.24) is 10.2 Å². The third-order valence-electron chi connectivity index (χ3n) is 2.30. The molecule has 0 aliphatic rings. The summed E-state index contributed by atoms with van der Waals surface area (Å²) in [6, 6.07) is 10.2. The van der Waals surface area contributed by atoms with Gasteiger partial charge < -0.3 is 10.2 Å². The maximum Gasteiger partial charge on any atom is 0.317 e. The topological polar surface area (TPSA) is 32.3 Å². The normalized spacial score (nSPS) is 10.2. The quantitative estimate of drug-likeness (QED) is 0.831. The first-order chi connectivity index (χ1) is 7.63. The molecule has 0 saturated carbocycles. The van der Waals surface area contributed by atoms with Crippen LogP contribution < -0.4 is 5.32 Å². The third kappa shape index (κ3) is 3.93. The van der Waals surface area contributed by atoms with Crippen molar-refractivity contribution < 1.29 is 4.79 Å². The molecule has 0 spiro atoms. The molecule has 0 heterocycles. The Balaban J connectivity index is 2.58. The zero-order valence-electron chi connectivity index (χ0n) is 10.2. The Labute approximate surface area is 97.5 Å². The highest BCUT2D eigenvalue weighted by molar-refractivity contribution is 5.74. The van der Waals surface area contributed by atoms with Crippen LogP contribution in [0.2, 0.25) is 0 Å². The number of carbonyl (C=O) groups excluding carboxylic acids is 1. The summed E-state index contributed by atoms with van der Waals surface area (Å²) in [6.45, 7) is 7.30. The molecule has 1 rings (SSSR count). The molecule has 0 saturated heterocycles. The molecule has 0 aliphatic heterocycles. The highest BCUT2D eigenvalue weighted by atomic mass is 16.2. The van der Waals surface area contributed by atoms with Gasteiger partial charge in [-0.15, -0.1) is 0 Å². The Hall–Kier alpha value is -1.51. The zero-order chi connectivity index (χ0) is 12.0. The van der Waals surface area contributed by atoms with E-state index in [0.717, 1.165) is 5.56 Å². The van der Waals surface area contributed by atoms with E-state index in [1.807, 2.05) is 51.1 Å². The fourth-order valence-electron chi connectivity index (χ4n) is 1.47. The third-order valence-corrected chi connectivity index (χ3v) is 2.30. The molecule has 1 aromatic rings. The Morgan fingerprint density at radius 2 is 1.94 bits per heavy atom. The number of urea groups is 1. The van der Waals surface area contributed by atoms with Gasteiger partial charge >= 0.3 is 6.03 Å². The van der Waals surface area contributed by atoms with Crippen molar-refractivity contribution in [3.8, 4) is 0 Å². The van der Waals surface area contributed by atoms with Crippen LogP contribution in [0, 0.1) is 0 Å². The molecule has 0 radical (unpaired) electrons. The van der Waals surface area contributed by atoms with Crippen molar-refractivity contribution in [3.63, 3.8) is 0 Å². The Kier molecular flexibility index (Phi) is 4.83. The molecule has 3 heteroatoms. The lowest BCUT2D eigenvalue weighted by atomic mass is 10.2. The minimum Gasteiger partial charge on any atom is -0.336 e. The SMILES string of the molecule is CCN(Cc1ccccc1)C(=O)NC(C)C. The summed E-state index contributed by atoms with van der Waals surface area (Å²) in [7, 11) is 0. The lowest BCUT2D eigenvalue weighted by Gasteiger charge is -2.22. The molecule has 88 valence electrons. The lowest BCUT2D eigenvalue weighted by Crippen LogP contribution is -2.42. The fourth-order valence-corrected chi connectivity index (χ4v) is 1.47. The van der Waals surface area contributed by atoms with Gasteiger partial charge in [-0.3, -0.25) is 0 Å². The molecule has 2 amide bonds. The van der Waals surface area contributed by atoms with Crippen molar-refractivity contribution in [1.29, 1.82) is 0 Å². The first-order valence-corrected chi connectivity index (χ1v) is 5.72. The molecule has 0 fully saturated rings. The van der Waals surface area contributed by atoms with Crippen molar-refractivity contribution in [2.45, 2.75) is 33.4 Å². The molecule has 0 aromatic heterocycles. The largest absolute Gasteiger partial charge is 0.336 e. The minimum absolute atomic E-state index is 0.00125. The minimum atomic E-state index is 0.00125. The van der Waals surface area contributed by atoms with E-state index in [9.17, 15) is 4.79 Å². The summed E-state index contributed by atoms with van der Waals surface area (Å²) < 4.78 is 0. The van der Waals surface area contributed by atoms with Crippen LogP contribution in [-0.2, 0) is 6.54 Å². The van der Waals surface area contributed by atoms with E-state index in [1.54, 1.807) is 4.90 Å². The van der Waals surface area contributed by atoms with Crippen LogP contribution in [0.3, 0.4) is 0 Å². The highest BCUT2D eigenvalue weighted by Gasteiger charge is 2.12. The number of nitrogens with one attached hydrogen (secondary N) is 1. The maximum atomic E-state index is 11.8. The van der Waals surface area contributed by atoms with Crippen molar-refractivity contribution in [3.05, 3.63) is 35.9 Å². The number of carbonyl (C=O) groups is 1. The fraction of sp³-hybridized carbons (Fsp3) is 0.462. The van der Waals surface area contributed by atoms with E-state index in [-0.39, 0.29) is 12.1 Å². The second kappa shape index (κ2) is 6.16. The van der Waals surface area contributed by atoms with E-state index in [1.165, 1.54) is 0 Å². The highest BCUT2D eigenvalue weighted by Crippen LogP contribution is 2.04. The monoisotopic (exact) mass is 220 g/mol. The van der Waals surface area contributed by atoms with Gasteiger partial charge in [0.05, 0.1) is 0 Å². The summed E-state index contributed by atoms with van der Waals surface area (Å²) in [5.74, 6) is 0. The average Bonchev–Trinajstić information content (AvgIpc) is 2.26. The summed E-state index contributed by atoms with van der Waals surface area (Å²) in [5.41, 5.74) is 1.16. The second-order valence-electron chi connectivity index (χ2n) is 4.10. The van der Waals surface area contributed by atoms with Crippen LogP contribution in [0.25, 0.3) is 0 Å². The Bertz CT molecular complexity index is 322. The van der Waals surface area contributed by atoms with Gasteiger partial charge in [0.15, 0.2) is 0 Å². The summed E-state index contributed by atoms with van der Waals surface area (Å²) in [4.78, 5) is 13.6. The number of benzene rings is 1. The van der Waals surface area contributed by atoms with Crippen LogP contribution in [0.5, 0.6) is 0 Å². The number of hydrogen-bond acceptors (Lipinski definition) is 1. The van der Waals surface area contributed by atoms with Crippen molar-refractivity contribution >= 4 is 6.03 Å². The molecule has 1 N–H and O–H groups in total. The number of hydrogen-bond donors (Lipinski definition) is 1. The lowest BCUT2D eigenvalue weighted by molar-refractivity contribution is 0.195. The predicted octanol–water partition coefficient (Wildman–Crippen LogP) is 2.63. The van der Waals surface area contributed by atoms with Gasteiger partial charge in [0.25, 0.3) is 0 Å². The van der Waals surface area contributed by atoms with Crippen LogP contribution in [0.1, 0.15) is 26.3 Å². The van der Waals surface area contributed by atoms with Crippen molar-refractivity contribution in [2.75, 3.05) is 6.54 Å². The van der Waals surface area contributed by atoms with Gasteiger partial charge in [0.2, 0.25) is 0 Å². The van der Waals surface area contributed by atoms with E-state index < -0.39 is 0 Å². The maximum absolute atomic E-state index is 11.8. The first kappa shape index (κ1) is 12.6. The number of nitrogens with zero attached hydrogens (tertiary/aromatic N) is 1. The van der Waals surface area contributed by atoms with Gasteiger partial charge in [0.1, 0.15) is 0 Å². The smallest absolute Gasteiger partial charge is 0.317 e. The summed E-state index contributed by atoms with van der Waals surface area (Å²) >= 11 is 0. The molecular formula is C13H20N2O. The Morgan fingerprint density at radius 1 is 1.31 bits per heavy atom. The standard InChI is InChI=1S/C13H20N2O/c1-4-15(13(16)14-11(2)3)10-12-8-6-5-7-9-12/h5-9,11H,4,10H2,1-3H3,(H,14,16). The number of amides is 2. The number of rotatable bonds is 4.